The largest absolute Gasteiger partial charge is 0.354 e. The van der Waals surface area contributed by atoms with Gasteiger partial charge in [0.05, 0.1) is 0 Å². The summed E-state index contributed by atoms with van der Waals surface area (Å²) >= 11 is 0. The fraction of sp³-hybridized carbons (Fsp3) is 0.577. The zero-order valence-corrected chi connectivity index (χ0v) is 20.0. The van der Waals surface area contributed by atoms with Crippen LogP contribution >= 0.6 is 0 Å². The molecule has 1 aliphatic rings. The van der Waals surface area contributed by atoms with Crippen LogP contribution in [0.2, 0.25) is 0 Å². The van der Waals surface area contributed by atoms with Gasteiger partial charge < -0.3 is 9.80 Å². The Morgan fingerprint density at radius 2 is 1.94 bits per heavy atom. The Morgan fingerprint density at radius 1 is 1.12 bits per heavy atom. The van der Waals surface area contributed by atoms with Gasteiger partial charge in [0.2, 0.25) is 5.91 Å². The molecule has 2 aromatic rings. The van der Waals surface area contributed by atoms with E-state index in [9.17, 15) is 9.18 Å². The van der Waals surface area contributed by atoms with Gasteiger partial charge in [-0.1, -0.05) is 38.8 Å². The van der Waals surface area contributed by atoms with Crippen LogP contribution in [0.5, 0.6) is 0 Å². The molecular formula is C26H37FN4O. The molecule has 6 heteroatoms. The first-order chi connectivity index (χ1) is 15.4. The molecule has 1 unspecified atom stereocenters. The van der Waals surface area contributed by atoms with Gasteiger partial charge in [-0.2, -0.15) is 0 Å². The summed E-state index contributed by atoms with van der Waals surface area (Å²) in [4.78, 5) is 26.8. The van der Waals surface area contributed by atoms with Gasteiger partial charge in [0.1, 0.15) is 17.5 Å². The number of nitrogens with zero attached hydrogens (tertiary/aromatic N) is 4. The van der Waals surface area contributed by atoms with E-state index in [4.69, 9.17) is 4.98 Å². The quantitative estimate of drug-likeness (QED) is 0.574. The van der Waals surface area contributed by atoms with Crippen molar-refractivity contribution in [3.63, 3.8) is 0 Å². The van der Waals surface area contributed by atoms with Crippen LogP contribution in [0.15, 0.2) is 24.3 Å². The van der Waals surface area contributed by atoms with Crippen molar-refractivity contribution in [1.29, 1.82) is 0 Å². The summed E-state index contributed by atoms with van der Waals surface area (Å²) in [5.41, 5.74) is 2.88. The molecule has 0 aliphatic carbocycles. The first-order valence-electron chi connectivity index (χ1n) is 12.0. The van der Waals surface area contributed by atoms with Crippen molar-refractivity contribution in [3.8, 4) is 0 Å². The van der Waals surface area contributed by atoms with E-state index in [1.54, 1.807) is 12.1 Å². The number of halogens is 1. The number of amides is 1. The van der Waals surface area contributed by atoms with Crippen LogP contribution in [0.25, 0.3) is 0 Å². The lowest BCUT2D eigenvalue weighted by Gasteiger charge is -2.27. The predicted octanol–water partition coefficient (Wildman–Crippen LogP) is 5.08. The Morgan fingerprint density at radius 3 is 2.66 bits per heavy atom. The highest BCUT2D eigenvalue weighted by Crippen LogP contribution is 2.26. The van der Waals surface area contributed by atoms with Crippen molar-refractivity contribution in [1.82, 2.24) is 14.9 Å². The first kappa shape index (κ1) is 24.1. The van der Waals surface area contributed by atoms with Gasteiger partial charge >= 0.3 is 0 Å². The minimum Gasteiger partial charge on any atom is -0.354 e. The standard InChI is InChI=1S/C26H37FN4O/c1-5-7-11-22(6-2)26(32)31-14-9-13-30(15-16-31)25-24(19(3)28-20(4)29-25)18-21-10-8-12-23(27)17-21/h8,10,12,17,22H,5-7,9,11,13-16,18H2,1-4H3. The summed E-state index contributed by atoms with van der Waals surface area (Å²) in [5.74, 6) is 1.87. The second kappa shape index (κ2) is 11.4. The topological polar surface area (TPSA) is 49.3 Å². The maximum atomic E-state index is 13.8. The first-order valence-corrected chi connectivity index (χ1v) is 12.0. The van der Waals surface area contributed by atoms with Crippen molar-refractivity contribution in [2.45, 2.75) is 66.2 Å². The Hall–Kier alpha value is -2.50. The zero-order chi connectivity index (χ0) is 23.1. The van der Waals surface area contributed by atoms with E-state index in [2.05, 4.69) is 28.6 Å². The maximum Gasteiger partial charge on any atom is 0.225 e. The highest BCUT2D eigenvalue weighted by Gasteiger charge is 2.26. The van der Waals surface area contributed by atoms with E-state index in [1.165, 1.54) is 6.07 Å². The van der Waals surface area contributed by atoms with E-state index < -0.39 is 0 Å². The molecule has 5 nitrogen and oxygen atoms in total. The molecule has 1 aromatic heterocycles. The molecule has 0 saturated carbocycles. The predicted molar refractivity (Wildman–Crippen MR) is 127 cm³/mol. The second-order valence-corrected chi connectivity index (χ2v) is 8.88. The molecule has 0 bridgehead atoms. The third-order valence-electron chi connectivity index (χ3n) is 6.43. The van der Waals surface area contributed by atoms with E-state index in [0.717, 1.165) is 80.2 Å². The summed E-state index contributed by atoms with van der Waals surface area (Å²) < 4.78 is 13.8. The van der Waals surface area contributed by atoms with Gasteiger partial charge in [-0.15, -0.1) is 0 Å². The average molecular weight is 441 g/mol. The second-order valence-electron chi connectivity index (χ2n) is 8.88. The number of hydrogen-bond donors (Lipinski definition) is 0. The summed E-state index contributed by atoms with van der Waals surface area (Å²) in [7, 11) is 0. The van der Waals surface area contributed by atoms with Crippen LogP contribution in [0.3, 0.4) is 0 Å². The Kier molecular flexibility index (Phi) is 8.60. The molecule has 1 atom stereocenters. The van der Waals surface area contributed by atoms with Crippen molar-refractivity contribution >= 4 is 11.7 Å². The minimum atomic E-state index is -0.229. The summed E-state index contributed by atoms with van der Waals surface area (Å²) in [5, 5.41) is 0. The number of aromatic nitrogens is 2. The van der Waals surface area contributed by atoms with Gasteiger partial charge in [0.25, 0.3) is 0 Å². The third kappa shape index (κ3) is 6.05. The highest BCUT2D eigenvalue weighted by atomic mass is 19.1. The maximum absolute atomic E-state index is 13.8. The molecule has 3 rings (SSSR count). The molecular weight excluding hydrogens is 403 g/mol. The third-order valence-corrected chi connectivity index (χ3v) is 6.43. The van der Waals surface area contributed by atoms with Crippen LogP contribution in [0, 0.1) is 25.6 Å². The Labute approximate surface area is 192 Å². The molecule has 0 spiro atoms. The summed E-state index contributed by atoms with van der Waals surface area (Å²) in [6, 6.07) is 6.73. The van der Waals surface area contributed by atoms with Crippen LogP contribution in [0.4, 0.5) is 10.2 Å². The lowest BCUT2D eigenvalue weighted by molar-refractivity contribution is -0.135. The van der Waals surface area contributed by atoms with Crippen LogP contribution in [-0.2, 0) is 11.2 Å². The Balaban J connectivity index is 1.79. The molecule has 32 heavy (non-hydrogen) atoms. The van der Waals surface area contributed by atoms with Crippen molar-refractivity contribution in [2.75, 3.05) is 31.1 Å². The molecule has 1 amide bonds. The van der Waals surface area contributed by atoms with Gasteiger partial charge in [-0.25, -0.2) is 14.4 Å². The number of rotatable bonds is 8. The minimum absolute atomic E-state index is 0.133. The molecule has 0 radical (unpaired) electrons. The van der Waals surface area contributed by atoms with E-state index in [1.807, 2.05) is 19.9 Å². The monoisotopic (exact) mass is 440 g/mol. The van der Waals surface area contributed by atoms with Crippen molar-refractivity contribution in [2.24, 2.45) is 5.92 Å². The number of hydrogen-bond acceptors (Lipinski definition) is 4. The molecule has 1 saturated heterocycles. The number of carbonyl (C=O) groups excluding carboxylic acids is 1. The van der Waals surface area contributed by atoms with Crippen LogP contribution in [0.1, 0.15) is 68.6 Å². The van der Waals surface area contributed by atoms with Gasteiger partial charge in [-0.3, -0.25) is 4.79 Å². The normalized spacial score (nSPS) is 15.5. The number of anilines is 1. The SMILES string of the molecule is CCCCC(CC)C(=O)N1CCCN(c2nc(C)nc(C)c2Cc2cccc(F)c2)CC1. The van der Waals surface area contributed by atoms with Gasteiger partial charge in [0.15, 0.2) is 0 Å². The van der Waals surface area contributed by atoms with Gasteiger partial charge in [0, 0.05) is 49.8 Å². The van der Waals surface area contributed by atoms with E-state index >= 15 is 0 Å². The number of unbranched alkanes of at least 4 members (excludes halogenated alkanes) is 1. The lowest BCUT2D eigenvalue weighted by Crippen LogP contribution is -2.39. The molecule has 174 valence electrons. The average Bonchev–Trinajstić information content (AvgIpc) is 3.02. The van der Waals surface area contributed by atoms with E-state index in [0.29, 0.717) is 18.9 Å². The molecule has 1 fully saturated rings. The van der Waals surface area contributed by atoms with Gasteiger partial charge in [-0.05, 0) is 50.8 Å². The van der Waals surface area contributed by atoms with Crippen molar-refractivity contribution in [3.05, 3.63) is 52.7 Å². The van der Waals surface area contributed by atoms with Crippen molar-refractivity contribution < 1.29 is 9.18 Å². The highest BCUT2D eigenvalue weighted by molar-refractivity contribution is 5.79. The fourth-order valence-corrected chi connectivity index (χ4v) is 4.60. The molecule has 0 N–H and O–H groups in total. The number of aryl methyl sites for hydroxylation is 2. The smallest absolute Gasteiger partial charge is 0.225 e. The zero-order valence-electron chi connectivity index (χ0n) is 20.0. The summed E-state index contributed by atoms with van der Waals surface area (Å²) in [6.45, 7) is 11.3. The van der Waals surface area contributed by atoms with E-state index in [-0.39, 0.29) is 11.7 Å². The molecule has 2 heterocycles. The number of carbonyl (C=O) groups is 1. The Bertz CT molecular complexity index is 917. The van der Waals surface area contributed by atoms with Crippen LogP contribution in [-0.4, -0.2) is 47.0 Å². The molecule has 1 aliphatic heterocycles. The van der Waals surface area contributed by atoms with Crippen LogP contribution < -0.4 is 4.90 Å². The fourth-order valence-electron chi connectivity index (χ4n) is 4.60. The lowest BCUT2D eigenvalue weighted by atomic mass is 9.97. The number of benzene rings is 1. The summed E-state index contributed by atoms with van der Waals surface area (Å²) in [6.07, 6.45) is 5.62. The molecule has 1 aromatic carbocycles.